The highest BCUT2D eigenvalue weighted by Crippen LogP contribution is 2.66. The van der Waals surface area contributed by atoms with E-state index in [2.05, 4.69) is 26.5 Å². The molecule has 4 aliphatic carbocycles. The highest BCUT2D eigenvalue weighted by atomic mass is 16.3. The number of fused-ring (bicyclic) bond motifs is 5. The molecule has 0 aliphatic heterocycles. The van der Waals surface area contributed by atoms with Gasteiger partial charge in [-0.1, -0.05) is 25.5 Å². The topological polar surface area (TPSA) is 37.3 Å². The number of hydrogen-bond acceptors (Lipinski definition) is 2. The molecule has 1 N–H and O–H groups in total. The molecule has 0 bridgehead atoms. The third-order valence-electron chi connectivity index (χ3n) is 8.25. The van der Waals surface area contributed by atoms with Gasteiger partial charge in [0.25, 0.3) is 0 Å². The van der Waals surface area contributed by atoms with E-state index in [9.17, 15) is 9.90 Å². The summed E-state index contributed by atoms with van der Waals surface area (Å²) in [4.78, 5) is 11.9. The van der Waals surface area contributed by atoms with Crippen LogP contribution in [-0.2, 0) is 4.79 Å². The summed E-state index contributed by atoms with van der Waals surface area (Å²) in [5.74, 6) is 2.52. The molecule has 0 aromatic rings. The van der Waals surface area contributed by atoms with Crippen molar-refractivity contribution in [1.82, 2.24) is 0 Å². The monoisotopic (exact) mass is 314 g/mol. The van der Waals surface area contributed by atoms with Crippen LogP contribution in [0.5, 0.6) is 0 Å². The van der Waals surface area contributed by atoms with E-state index in [1.54, 1.807) is 0 Å². The first-order chi connectivity index (χ1) is 10.9. The number of carbonyl (C=O) groups excluding carboxylic acids is 1. The summed E-state index contributed by atoms with van der Waals surface area (Å²) >= 11 is 0. The number of allylic oxidation sites excluding steroid dienone is 2. The van der Waals surface area contributed by atoms with Crippen molar-refractivity contribution >= 4 is 5.78 Å². The Morgan fingerprint density at radius 1 is 1.26 bits per heavy atom. The Bertz CT molecular complexity index is 576. The molecule has 3 saturated carbocycles. The summed E-state index contributed by atoms with van der Waals surface area (Å²) in [7, 11) is 0. The van der Waals surface area contributed by atoms with Crippen LogP contribution in [0, 0.1) is 34.5 Å². The van der Waals surface area contributed by atoms with E-state index < -0.39 is 0 Å². The molecule has 2 nitrogen and oxygen atoms in total. The zero-order valence-corrected chi connectivity index (χ0v) is 14.6. The van der Waals surface area contributed by atoms with Crippen LogP contribution in [-0.4, -0.2) is 17.0 Å². The van der Waals surface area contributed by atoms with E-state index >= 15 is 0 Å². The van der Waals surface area contributed by atoms with Crippen LogP contribution in [0.1, 0.15) is 58.8 Å². The van der Waals surface area contributed by atoms with E-state index in [4.69, 9.17) is 0 Å². The quantitative estimate of drug-likeness (QED) is 0.733. The van der Waals surface area contributed by atoms with Crippen LogP contribution < -0.4 is 0 Å². The summed E-state index contributed by atoms with van der Waals surface area (Å²) in [5.41, 5.74) is 1.60. The van der Waals surface area contributed by atoms with Gasteiger partial charge >= 0.3 is 0 Å². The lowest BCUT2D eigenvalue weighted by atomic mass is 9.46. The molecule has 0 heterocycles. The van der Waals surface area contributed by atoms with Crippen LogP contribution in [0.2, 0.25) is 0 Å². The smallest absolute Gasteiger partial charge is 0.155 e. The Balaban J connectivity index is 1.73. The summed E-state index contributed by atoms with van der Waals surface area (Å²) in [6.07, 6.45) is 11.1. The van der Waals surface area contributed by atoms with Crippen molar-refractivity contribution in [2.45, 2.75) is 64.9 Å². The van der Waals surface area contributed by atoms with Crippen molar-refractivity contribution in [2.75, 3.05) is 0 Å². The third-order valence-corrected chi connectivity index (χ3v) is 8.25. The Kier molecular flexibility index (Phi) is 3.43. The number of carbonyl (C=O) groups is 1. The molecule has 0 aromatic heterocycles. The Morgan fingerprint density at radius 3 is 2.78 bits per heavy atom. The molecule has 7 atom stereocenters. The van der Waals surface area contributed by atoms with E-state index in [1.807, 2.05) is 6.08 Å². The van der Waals surface area contributed by atoms with Gasteiger partial charge in [-0.05, 0) is 79.1 Å². The van der Waals surface area contributed by atoms with Gasteiger partial charge in [0.1, 0.15) is 0 Å². The Hall–Kier alpha value is -0.890. The molecule has 1 unspecified atom stereocenters. The van der Waals surface area contributed by atoms with Gasteiger partial charge in [-0.15, -0.1) is 6.58 Å². The fourth-order valence-corrected chi connectivity index (χ4v) is 7.11. The molecule has 3 fully saturated rings. The van der Waals surface area contributed by atoms with Gasteiger partial charge in [0.2, 0.25) is 0 Å². The van der Waals surface area contributed by atoms with E-state index in [1.165, 1.54) is 18.4 Å². The van der Waals surface area contributed by atoms with Crippen molar-refractivity contribution in [3.63, 3.8) is 0 Å². The molecule has 0 aromatic carbocycles. The minimum absolute atomic E-state index is 0.0455. The van der Waals surface area contributed by atoms with Crippen LogP contribution in [0.25, 0.3) is 0 Å². The van der Waals surface area contributed by atoms with Crippen LogP contribution in [0.15, 0.2) is 24.3 Å². The van der Waals surface area contributed by atoms with Gasteiger partial charge < -0.3 is 5.11 Å². The number of ketones is 1. The van der Waals surface area contributed by atoms with Crippen LogP contribution in [0.4, 0.5) is 0 Å². The normalized spacial score (nSPS) is 52.2. The predicted octanol–water partition coefficient (Wildman–Crippen LogP) is 4.29. The minimum Gasteiger partial charge on any atom is -0.393 e. The van der Waals surface area contributed by atoms with E-state index in [0.29, 0.717) is 30.0 Å². The van der Waals surface area contributed by atoms with Gasteiger partial charge in [-0.2, -0.15) is 0 Å². The summed E-state index contributed by atoms with van der Waals surface area (Å²) < 4.78 is 0. The molecule has 2 heteroatoms. The van der Waals surface area contributed by atoms with Crippen molar-refractivity contribution in [1.29, 1.82) is 0 Å². The summed E-state index contributed by atoms with van der Waals surface area (Å²) in [6.45, 7) is 8.79. The molecule has 0 amide bonds. The second-order valence-electron chi connectivity index (χ2n) is 9.08. The van der Waals surface area contributed by atoms with Gasteiger partial charge in [0.05, 0.1) is 6.10 Å². The van der Waals surface area contributed by atoms with Crippen LogP contribution in [0.3, 0.4) is 0 Å². The highest BCUT2D eigenvalue weighted by Gasteiger charge is 2.61. The van der Waals surface area contributed by atoms with Crippen molar-refractivity contribution in [3.8, 4) is 0 Å². The number of rotatable bonds is 1. The maximum atomic E-state index is 11.9. The second-order valence-corrected chi connectivity index (χ2v) is 9.08. The summed E-state index contributed by atoms with van der Waals surface area (Å²) in [5, 5.41) is 11.2. The fraction of sp³-hybridized carbons (Fsp3) is 0.762. The van der Waals surface area contributed by atoms with Gasteiger partial charge in [0.15, 0.2) is 5.78 Å². The average molecular weight is 314 g/mol. The van der Waals surface area contributed by atoms with Crippen molar-refractivity contribution < 1.29 is 9.90 Å². The fourth-order valence-electron chi connectivity index (χ4n) is 7.11. The number of aliphatic hydroxyl groups is 1. The molecule has 0 spiro atoms. The maximum Gasteiger partial charge on any atom is 0.155 e. The zero-order valence-electron chi connectivity index (χ0n) is 14.6. The van der Waals surface area contributed by atoms with Gasteiger partial charge in [0, 0.05) is 6.42 Å². The first kappa shape index (κ1) is 15.6. The maximum absolute atomic E-state index is 11.9. The molecule has 4 rings (SSSR count). The largest absolute Gasteiger partial charge is 0.393 e. The minimum atomic E-state index is -0.233. The molecule has 0 radical (unpaired) electrons. The molecular weight excluding hydrogens is 284 g/mol. The average Bonchev–Trinajstić information content (AvgIpc) is 2.83. The summed E-state index contributed by atoms with van der Waals surface area (Å²) in [6, 6.07) is 0. The molecule has 23 heavy (non-hydrogen) atoms. The third kappa shape index (κ3) is 2.00. The molecule has 126 valence electrons. The standard InChI is InChI=1S/C21H30O2/c1-4-13-6-8-17-16-7-5-14-11-15(22)9-10-20(14,2)19(16)18(23)12-21(13,17)3/h4,11,13,16-19,23H,1,5-10,12H2,2-3H3/t13-,16-,17-,18?,19+,20-,21+/m0/s1. The van der Waals surface area contributed by atoms with Gasteiger partial charge in [-0.25, -0.2) is 0 Å². The van der Waals surface area contributed by atoms with Crippen molar-refractivity contribution in [2.24, 2.45) is 34.5 Å². The number of hydrogen-bond donors (Lipinski definition) is 1. The molecular formula is C21H30O2. The predicted molar refractivity (Wildman–Crippen MR) is 91.8 cm³/mol. The SMILES string of the molecule is C=C[C@H]1CC[C@H]2[C@@H]3CCC4=CC(=O)CC[C@]4(C)[C@H]3C(O)C[C@]12C. The van der Waals surface area contributed by atoms with Crippen molar-refractivity contribution in [3.05, 3.63) is 24.3 Å². The Labute approximate surface area is 140 Å². The molecule has 0 saturated heterocycles. The number of aliphatic hydroxyl groups excluding tert-OH is 1. The lowest BCUT2D eigenvalue weighted by Crippen LogP contribution is -2.56. The Morgan fingerprint density at radius 2 is 2.04 bits per heavy atom. The molecule has 4 aliphatic rings. The lowest BCUT2D eigenvalue weighted by Gasteiger charge is -2.59. The van der Waals surface area contributed by atoms with E-state index in [0.717, 1.165) is 31.6 Å². The zero-order chi connectivity index (χ0) is 16.4. The second kappa shape index (κ2) is 5.05. The first-order valence-electron chi connectivity index (χ1n) is 9.44. The lowest BCUT2D eigenvalue weighted by molar-refractivity contribution is -0.131. The van der Waals surface area contributed by atoms with E-state index in [-0.39, 0.29) is 16.9 Å². The highest BCUT2D eigenvalue weighted by molar-refractivity contribution is 5.91. The van der Waals surface area contributed by atoms with Crippen LogP contribution >= 0.6 is 0 Å². The van der Waals surface area contributed by atoms with Gasteiger partial charge in [-0.3, -0.25) is 4.79 Å². The first-order valence-corrected chi connectivity index (χ1v) is 9.44.